The maximum absolute atomic E-state index is 7.30. The number of imidazole rings is 3. The van der Waals surface area contributed by atoms with Gasteiger partial charge < -0.3 is 5.73 Å². The Balaban J connectivity index is 1.65. The fourth-order valence-corrected chi connectivity index (χ4v) is 6.18. The van der Waals surface area contributed by atoms with Gasteiger partial charge in [0.15, 0.2) is 0 Å². The van der Waals surface area contributed by atoms with E-state index in [-0.39, 0.29) is 17.8 Å². The van der Waals surface area contributed by atoms with Crippen molar-refractivity contribution in [1.29, 1.82) is 0 Å². The summed E-state index contributed by atoms with van der Waals surface area (Å²) in [6.45, 7) is 13.1. The molecule has 0 saturated heterocycles. The predicted molar refractivity (Wildman–Crippen MR) is 177 cm³/mol. The lowest BCUT2D eigenvalue weighted by molar-refractivity contribution is 0.748. The Labute approximate surface area is 251 Å². The van der Waals surface area contributed by atoms with Crippen LogP contribution in [0.4, 0.5) is 5.69 Å². The van der Waals surface area contributed by atoms with Gasteiger partial charge in [-0.15, -0.1) is 0 Å². The number of para-hydroxylation sites is 6. The van der Waals surface area contributed by atoms with Crippen molar-refractivity contribution >= 4 is 38.8 Å². The second-order valence-corrected chi connectivity index (χ2v) is 12.2. The molecule has 0 atom stereocenters. The molecule has 7 heteroatoms. The van der Waals surface area contributed by atoms with E-state index in [0.29, 0.717) is 5.69 Å². The summed E-state index contributed by atoms with van der Waals surface area (Å²) in [7, 11) is 0. The van der Waals surface area contributed by atoms with E-state index in [4.69, 9.17) is 20.7 Å². The molecule has 3 heterocycles. The summed E-state index contributed by atoms with van der Waals surface area (Å²) < 4.78 is 6.77. The smallest absolute Gasteiger partial charge is 0.117 e. The molecule has 0 amide bonds. The summed E-state index contributed by atoms with van der Waals surface area (Å²) in [4.78, 5) is 15.2. The summed E-state index contributed by atoms with van der Waals surface area (Å²) in [6.07, 6.45) is 0. The van der Waals surface area contributed by atoms with E-state index >= 15 is 0 Å². The number of rotatable bonds is 6. The second kappa shape index (κ2) is 10.1. The number of anilines is 1. The zero-order valence-corrected chi connectivity index (χ0v) is 25.6. The molecule has 0 saturated carbocycles. The van der Waals surface area contributed by atoms with E-state index in [2.05, 4.69) is 122 Å². The molecule has 0 aliphatic heterocycles. The third-order valence-corrected chi connectivity index (χ3v) is 8.17. The first-order valence-corrected chi connectivity index (χ1v) is 15.1. The van der Waals surface area contributed by atoms with E-state index < -0.39 is 0 Å². The second-order valence-electron chi connectivity index (χ2n) is 12.2. The fourth-order valence-electron chi connectivity index (χ4n) is 6.18. The van der Waals surface area contributed by atoms with Gasteiger partial charge in [-0.25, -0.2) is 15.0 Å². The van der Waals surface area contributed by atoms with Gasteiger partial charge in [0, 0.05) is 17.8 Å². The van der Waals surface area contributed by atoms with Gasteiger partial charge >= 0.3 is 0 Å². The van der Waals surface area contributed by atoms with Gasteiger partial charge in [0.25, 0.3) is 0 Å². The topological polar surface area (TPSA) is 79.5 Å². The lowest BCUT2D eigenvalue weighted by atomic mass is 10.1. The van der Waals surface area contributed by atoms with Crippen molar-refractivity contribution in [1.82, 2.24) is 28.7 Å². The number of hydrogen-bond acceptors (Lipinski definition) is 4. The molecule has 0 aliphatic rings. The van der Waals surface area contributed by atoms with Crippen LogP contribution >= 0.6 is 0 Å². The van der Waals surface area contributed by atoms with Crippen molar-refractivity contribution < 1.29 is 0 Å². The lowest BCUT2D eigenvalue weighted by Gasteiger charge is -2.22. The summed E-state index contributed by atoms with van der Waals surface area (Å²) in [5, 5.41) is 0. The summed E-state index contributed by atoms with van der Waals surface area (Å²) in [5.74, 6) is 3.50. The third kappa shape index (κ3) is 4.22. The first-order valence-electron chi connectivity index (χ1n) is 15.1. The third-order valence-electron chi connectivity index (χ3n) is 8.17. The van der Waals surface area contributed by atoms with E-state index in [1.807, 2.05) is 18.2 Å². The highest BCUT2D eigenvalue weighted by Crippen LogP contribution is 2.38. The van der Waals surface area contributed by atoms with Crippen LogP contribution in [0.15, 0.2) is 84.9 Å². The van der Waals surface area contributed by atoms with Crippen LogP contribution in [0.3, 0.4) is 0 Å². The van der Waals surface area contributed by atoms with Crippen molar-refractivity contribution in [3.05, 3.63) is 102 Å². The molecule has 0 unspecified atom stereocenters. The van der Waals surface area contributed by atoms with Gasteiger partial charge in [0.1, 0.15) is 17.5 Å². The zero-order chi connectivity index (χ0) is 30.0. The molecule has 0 radical (unpaired) electrons. The van der Waals surface area contributed by atoms with Crippen molar-refractivity contribution in [3.8, 4) is 17.1 Å². The highest BCUT2D eigenvalue weighted by atomic mass is 15.2. The fraction of sp³-hybridized carbons (Fsp3) is 0.250. The predicted octanol–water partition coefficient (Wildman–Crippen LogP) is 8.66. The average Bonchev–Trinajstić information content (AvgIpc) is 3.69. The first-order chi connectivity index (χ1) is 20.7. The quantitative estimate of drug-likeness (QED) is 0.204. The summed E-state index contributed by atoms with van der Waals surface area (Å²) in [5.41, 5.74) is 16.7. The molecule has 7 aromatic rings. The van der Waals surface area contributed by atoms with E-state index in [9.17, 15) is 0 Å². The van der Waals surface area contributed by atoms with E-state index in [1.54, 1.807) is 0 Å². The minimum absolute atomic E-state index is 0.180. The number of fused-ring (bicyclic) bond motifs is 3. The number of benzene rings is 4. The molecule has 0 spiro atoms. The standard InChI is InChI=1S/C36H37N7/c1-21(2)34-38-25-13-7-10-16-28(25)41(34)24-19-31(42-29-17-11-8-14-26(29)39-35(42)22(3)4)33(37)32(20-24)43-30-18-12-9-15-27(30)40-36(43)23(5)6/h7-23H,37H2,1-6H3. The van der Waals surface area contributed by atoms with Crippen LogP contribution in [-0.2, 0) is 0 Å². The maximum atomic E-state index is 7.30. The van der Waals surface area contributed by atoms with Crippen LogP contribution in [0.25, 0.3) is 50.2 Å². The number of nitrogen functional groups attached to an aromatic ring is 1. The summed E-state index contributed by atoms with van der Waals surface area (Å²) in [6, 6.07) is 29.3. The molecular weight excluding hydrogens is 530 g/mol. The molecule has 7 nitrogen and oxygen atoms in total. The Bertz CT molecular complexity index is 2030. The molecule has 0 bridgehead atoms. The van der Waals surface area contributed by atoms with Gasteiger partial charge in [-0.1, -0.05) is 77.9 Å². The SMILES string of the molecule is CC(C)c1nc2ccccc2n1-c1cc(-n2c(C(C)C)nc3ccccc32)c(N)c(-n2c(C(C)C)nc3ccccc32)c1. The van der Waals surface area contributed by atoms with Crippen molar-refractivity contribution in [2.24, 2.45) is 0 Å². The highest BCUT2D eigenvalue weighted by molar-refractivity contribution is 5.87. The Hall–Kier alpha value is -4.91. The van der Waals surface area contributed by atoms with Crippen molar-refractivity contribution in [3.63, 3.8) is 0 Å². The maximum Gasteiger partial charge on any atom is 0.117 e. The zero-order valence-electron chi connectivity index (χ0n) is 25.6. The van der Waals surface area contributed by atoms with Gasteiger partial charge in [-0.05, 0) is 48.5 Å². The van der Waals surface area contributed by atoms with E-state index in [1.165, 1.54) is 0 Å². The molecule has 0 aliphatic carbocycles. The van der Waals surface area contributed by atoms with Crippen LogP contribution in [0.1, 0.15) is 76.8 Å². The molecule has 7 rings (SSSR count). The Morgan fingerprint density at radius 1 is 0.488 bits per heavy atom. The number of nitrogens with two attached hydrogens (primary N) is 1. The Morgan fingerprint density at radius 3 is 1.19 bits per heavy atom. The van der Waals surface area contributed by atoms with Gasteiger partial charge in [-0.3, -0.25) is 13.7 Å². The van der Waals surface area contributed by atoms with Crippen LogP contribution in [0.2, 0.25) is 0 Å². The molecule has 3 aromatic heterocycles. The lowest BCUT2D eigenvalue weighted by Crippen LogP contribution is -2.13. The molecule has 0 fully saturated rings. The van der Waals surface area contributed by atoms with Crippen molar-refractivity contribution in [2.75, 3.05) is 5.73 Å². The molecule has 43 heavy (non-hydrogen) atoms. The first kappa shape index (κ1) is 27.0. The number of hydrogen-bond donors (Lipinski definition) is 1. The van der Waals surface area contributed by atoms with E-state index in [0.717, 1.165) is 67.6 Å². The number of nitrogens with zero attached hydrogens (tertiary/aromatic N) is 6. The minimum atomic E-state index is 0.180. The summed E-state index contributed by atoms with van der Waals surface area (Å²) >= 11 is 0. The molecular formula is C36H37N7. The van der Waals surface area contributed by atoms with Gasteiger partial charge in [-0.2, -0.15) is 0 Å². The normalized spacial score (nSPS) is 12.2. The molecule has 2 N–H and O–H groups in total. The van der Waals surface area contributed by atoms with Gasteiger partial charge in [0.05, 0.1) is 55.8 Å². The largest absolute Gasteiger partial charge is 0.395 e. The van der Waals surface area contributed by atoms with Crippen LogP contribution in [0.5, 0.6) is 0 Å². The van der Waals surface area contributed by atoms with Gasteiger partial charge in [0.2, 0.25) is 0 Å². The van der Waals surface area contributed by atoms with Crippen LogP contribution in [-0.4, -0.2) is 28.7 Å². The minimum Gasteiger partial charge on any atom is -0.395 e. The van der Waals surface area contributed by atoms with Crippen molar-refractivity contribution in [2.45, 2.75) is 59.3 Å². The monoisotopic (exact) mass is 567 g/mol. The number of aromatic nitrogens is 6. The Kier molecular flexibility index (Phi) is 6.34. The van der Waals surface area contributed by atoms with Crippen LogP contribution < -0.4 is 5.73 Å². The average molecular weight is 568 g/mol. The molecule has 4 aromatic carbocycles. The Morgan fingerprint density at radius 2 is 0.814 bits per heavy atom. The highest BCUT2D eigenvalue weighted by Gasteiger charge is 2.25. The van der Waals surface area contributed by atoms with Crippen LogP contribution in [0, 0.1) is 0 Å². The molecule has 216 valence electrons.